The van der Waals surface area contributed by atoms with E-state index < -0.39 is 0 Å². The molecule has 0 spiro atoms. The number of carbonyl (C=O) groups is 1. The van der Waals surface area contributed by atoms with E-state index in [-0.39, 0.29) is 18.1 Å². The predicted molar refractivity (Wildman–Crippen MR) is 159 cm³/mol. The number of nitrogens with zero attached hydrogens (tertiary/aromatic N) is 3. The molecular formula is C34H36N4O3. The quantitative estimate of drug-likeness (QED) is 0.302. The average molecular weight is 549 g/mol. The van der Waals surface area contributed by atoms with Crippen LogP contribution < -0.4 is 10.1 Å². The number of likely N-dealkylation sites (tertiary alicyclic amines) is 2. The number of ether oxygens (including phenoxy) is 1. The van der Waals surface area contributed by atoms with E-state index in [1.807, 2.05) is 54.6 Å². The van der Waals surface area contributed by atoms with Gasteiger partial charge < -0.3 is 14.5 Å². The summed E-state index contributed by atoms with van der Waals surface area (Å²) in [6.45, 7) is 5.70. The lowest BCUT2D eigenvalue weighted by Crippen LogP contribution is -2.44. The smallest absolute Gasteiger partial charge is 0.287 e. The number of piperidine rings is 2. The molecule has 7 heteroatoms. The van der Waals surface area contributed by atoms with Gasteiger partial charge in [-0.05, 0) is 73.2 Å². The Labute approximate surface area is 241 Å². The number of nitriles is 1. The molecule has 0 atom stereocenters. The predicted octanol–water partition coefficient (Wildman–Crippen LogP) is 5.74. The first-order chi connectivity index (χ1) is 20.1. The molecule has 3 aromatic carbocycles. The van der Waals surface area contributed by atoms with E-state index in [9.17, 15) is 4.79 Å². The zero-order valence-electron chi connectivity index (χ0n) is 23.3. The van der Waals surface area contributed by atoms with Gasteiger partial charge in [-0.15, -0.1) is 0 Å². The zero-order chi connectivity index (χ0) is 28.0. The van der Waals surface area contributed by atoms with Gasteiger partial charge in [0.15, 0.2) is 5.76 Å². The maximum atomic E-state index is 13.0. The summed E-state index contributed by atoms with van der Waals surface area (Å²) in [6, 6.07) is 28.3. The second-order valence-corrected chi connectivity index (χ2v) is 11.2. The van der Waals surface area contributed by atoms with Crippen LogP contribution in [0.3, 0.4) is 0 Å². The molecule has 2 aliphatic rings. The number of fused-ring (bicyclic) bond motifs is 1. The summed E-state index contributed by atoms with van der Waals surface area (Å²) in [7, 11) is 0. The van der Waals surface area contributed by atoms with Crippen LogP contribution >= 0.6 is 0 Å². The van der Waals surface area contributed by atoms with Gasteiger partial charge in [0.25, 0.3) is 5.91 Å². The maximum Gasteiger partial charge on any atom is 0.287 e. The number of hydrogen-bond acceptors (Lipinski definition) is 6. The molecule has 2 fully saturated rings. The lowest BCUT2D eigenvalue weighted by atomic mass is 10.0. The number of benzene rings is 3. The van der Waals surface area contributed by atoms with Gasteiger partial charge in [-0.3, -0.25) is 14.6 Å². The molecule has 0 aliphatic carbocycles. The van der Waals surface area contributed by atoms with Gasteiger partial charge in [-0.2, -0.15) is 5.26 Å². The summed E-state index contributed by atoms with van der Waals surface area (Å²) in [5, 5.41) is 13.0. The molecule has 1 aromatic heterocycles. The first kappa shape index (κ1) is 27.1. The largest absolute Gasteiger partial charge is 0.490 e. The fraction of sp³-hybridized carbons (Fsp3) is 0.353. The van der Waals surface area contributed by atoms with E-state index in [1.54, 1.807) is 0 Å². The van der Waals surface area contributed by atoms with Crippen molar-refractivity contribution in [2.45, 2.75) is 50.9 Å². The highest BCUT2D eigenvalue weighted by molar-refractivity contribution is 5.96. The Balaban J connectivity index is 0.974. The Hall–Kier alpha value is -4.12. The summed E-state index contributed by atoms with van der Waals surface area (Å²) in [5.74, 6) is 1.00. The molecule has 210 valence electrons. The average Bonchev–Trinajstić information content (AvgIpc) is 3.44. The van der Waals surface area contributed by atoms with Gasteiger partial charge in [0.2, 0.25) is 0 Å². The number of furan rings is 1. The van der Waals surface area contributed by atoms with Gasteiger partial charge in [0, 0.05) is 50.7 Å². The minimum atomic E-state index is -0.153. The fourth-order valence-electron chi connectivity index (χ4n) is 5.86. The molecule has 6 rings (SSSR count). The second kappa shape index (κ2) is 12.6. The molecule has 41 heavy (non-hydrogen) atoms. The lowest BCUT2D eigenvalue weighted by Gasteiger charge is -2.32. The Kier molecular flexibility index (Phi) is 8.31. The molecule has 1 N–H and O–H groups in total. The number of amides is 1. The molecule has 3 heterocycles. The monoisotopic (exact) mass is 548 g/mol. The molecule has 4 aromatic rings. The third-order valence-electron chi connectivity index (χ3n) is 8.21. The molecule has 0 saturated carbocycles. The summed E-state index contributed by atoms with van der Waals surface area (Å²) in [6.07, 6.45) is 3.94. The standard InChI is InChI=1S/C34H36N4O3/c35-22-25-6-8-27(9-7-25)24-38-18-14-30(15-19-38)40-31-10-11-32-28(20-31)21-33(41-32)34(39)36-29-12-16-37(17-13-29)23-26-4-2-1-3-5-26/h1-11,20-21,29-30H,12-19,23-24H2,(H,36,39). The van der Waals surface area contributed by atoms with E-state index in [2.05, 4.69) is 45.5 Å². The van der Waals surface area contributed by atoms with Crippen LogP contribution in [-0.2, 0) is 13.1 Å². The van der Waals surface area contributed by atoms with Crippen LogP contribution in [0.25, 0.3) is 11.0 Å². The van der Waals surface area contributed by atoms with Crippen molar-refractivity contribution in [3.63, 3.8) is 0 Å². The minimum Gasteiger partial charge on any atom is -0.490 e. The first-order valence-corrected chi connectivity index (χ1v) is 14.6. The normalized spacial score (nSPS) is 17.3. The van der Waals surface area contributed by atoms with Crippen LogP contribution in [0.15, 0.2) is 83.3 Å². The van der Waals surface area contributed by atoms with Crippen molar-refractivity contribution in [2.75, 3.05) is 26.2 Å². The maximum absolute atomic E-state index is 13.0. The highest BCUT2D eigenvalue weighted by atomic mass is 16.5. The van der Waals surface area contributed by atoms with E-state index >= 15 is 0 Å². The van der Waals surface area contributed by atoms with Crippen molar-refractivity contribution in [3.8, 4) is 11.8 Å². The van der Waals surface area contributed by atoms with Crippen molar-refractivity contribution in [3.05, 3.63) is 101 Å². The van der Waals surface area contributed by atoms with Crippen molar-refractivity contribution >= 4 is 16.9 Å². The van der Waals surface area contributed by atoms with Gasteiger partial charge in [0.05, 0.1) is 11.6 Å². The van der Waals surface area contributed by atoms with Crippen LogP contribution in [0.2, 0.25) is 0 Å². The highest BCUT2D eigenvalue weighted by Crippen LogP contribution is 2.27. The molecule has 0 unspecified atom stereocenters. The SMILES string of the molecule is N#Cc1ccc(CN2CCC(Oc3ccc4oc(C(=O)NC5CCN(Cc6ccccc6)CC5)cc4c3)CC2)cc1. The van der Waals surface area contributed by atoms with Gasteiger partial charge in [-0.1, -0.05) is 42.5 Å². The highest BCUT2D eigenvalue weighted by Gasteiger charge is 2.24. The Bertz CT molecular complexity index is 1490. The second-order valence-electron chi connectivity index (χ2n) is 11.2. The van der Waals surface area contributed by atoms with Crippen LogP contribution in [-0.4, -0.2) is 54.0 Å². The van der Waals surface area contributed by atoms with E-state index in [0.29, 0.717) is 16.9 Å². The van der Waals surface area contributed by atoms with Crippen molar-refractivity contribution in [1.82, 2.24) is 15.1 Å². The van der Waals surface area contributed by atoms with Crippen LogP contribution in [0.1, 0.15) is 52.9 Å². The van der Waals surface area contributed by atoms with Gasteiger partial charge in [0.1, 0.15) is 17.4 Å². The molecule has 0 radical (unpaired) electrons. The van der Waals surface area contributed by atoms with E-state index in [0.717, 1.165) is 76.1 Å². The van der Waals surface area contributed by atoms with E-state index in [4.69, 9.17) is 14.4 Å². The molecule has 7 nitrogen and oxygen atoms in total. The number of hydrogen-bond donors (Lipinski definition) is 1. The van der Waals surface area contributed by atoms with E-state index in [1.165, 1.54) is 11.1 Å². The van der Waals surface area contributed by atoms with Crippen LogP contribution in [0, 0.1) is 11.3 Å². The Morgan fingerprint density at radius 1 is 0.854 bits per heavy atom. The third kappa shape index (κ3) is 6.97. The zero-order valence-corrected chi connectivity index (χ0v) is 23.3. The van der Waals surface area contributed by atoms with Crippen molar-refractivity contribution < 1.29 is 13.9 Å². The van der Waals surface area contributed by atoms with Crippen molar-refractivity contribution in [2.24, 2.45) is 0 Å². The van der Waals surface area contributed by atoms with Crippen LogP contribution in [0.4, 0.5) is 0 Å². The fourth-order valence-corrected chi connectivity index (χ4v) is 5.86. The summed E-state index contributed by atoms with van der Waals surface area (Å²) in [4.78, 5) is 17.9. The molecule has 1 amide bonds. The summed E-state index contributed by atoms with van der Waals surface area (Å²) < 4.78 is 12.2. The number of nitrogens with one attached hydrogen (secondary N) is 1. The van der Waals surface area contributed by atoms with Gasteiger partial charge >= 0.3 is 0 Å². The Morgan fingerprint density at radius 2 is 1.51 bits per heavy atom. The van der Waals surface area contributed by atoms with Gasteiger partial charge in [-0.25, -0.2) is 0 Å². The summed E-state index contributed by atoms with van der Waals surface area (Å²) in [5.41, 5.74) is 3.93. The lowest BCUT2D eigenvalue weighted by molar-refractivity contribution is 0.0883. The van der Waals surface area contributed by atoms with Crippen molar-refractivity contribution in [1.29, 1.82) is 5.26 Å². The summed E-state index contributed by atoms with van der Waals surface area (Å²) >= 11 is 0. The molecule has 2 aliphatic heterocycles. The number of carbonyl (C=O) groups excluding carboxylic acids is 1. The molecular weight excluding hydrogens is 512 g/mol. The number of rotatable bonds is 8. The minimum absolute atomic E-state index is 0.153. The topological polar surface area (TPSA) is 81.7 Å². The Morgan fingerprint density at radius 3 is 2.20 bits per heavy atom. The first-order valence-electron chi connectivity index (χ1n) is 14.6. The third-order valence-corrected chi connectivity index (χ3v) is 8.21. The molecule has 0 bridgehead atoms. The molecule has 2 saturated heterocycles. The van der Waals surface area contributed by atoms with Crippen LogP contribution in [0.5, 0.6) is 5.75 Å².